The molecule has 5 nitrogen and oxygen atoms in total. The van der Waals surface area contributed by atoms with Crippen LogP contribution >= 0.6 is 0 Å². The number of carboxylic acids is 1. The van der Waals surface area contributed by atoms with E-state index in [1.165, 1.54) is 18.9 Å². The summed E-state index contributed by atoms with van der Waals surface area (Å²) in [6.45, 7) is 3.75. The van der Waals surface area contributed by atoms with Crippen LogP contribution in [0.1, 0.15) is 49.0 Å². The van der Waals surface area contributed by atoms with Crippen molar-refractivity contribution < 1.29 is 14.7 Å². The van der Waals surface area contributed by atoms with Gasteiger partial charge in [-0.15, -0.1) is 0 Å². The van der Waals surface area contributed by atoms with Gasteiger partial charge in [0.1, 0.15) is 0 Å². The minimum Gasteiger partial charge on any atom is -0.478 e. The molecular weight excluding hydrogens is 376 g/mol. The highest BCUT2D eigenvalue weighted by Crippen LogP contribution is 2.47. The molecule has 2 atom stereocenters. The summed E-state index contributed by atoms with van der Waals surface area (Å²) in [5.41, 5.74) is 5.90. The van der Waals surface area contributed by atoms with E-state index in [2.05, 4.69) is 29.7 Å². The lowest BCUT2D eigenvalue weighted by Gasteiger charge is -2.17. The molecule has 5 heteroatoms. The van der Waals surface area contributed by atoms with Crippen LogP contribution in [0.25, 0.3) is 5.57 Å². The normalized spacial score (nSPS) is 20.1. The van der Waals surface area contributed by atoms with Crippen molar-refractivity contribution in [1.29, 1.82) is 0 Å². The summed E-state index contributed by atoms with van der Waals surface area (Å²) in [5, 5.41) is 15.6. The van der Waals surface area contributed by atoms with Gasteiger partial charge in [0.2, 0.25) is 5.91 Å². The number of carboxylic acid groups (broad SMARTS) is 1. The van der Waals surface area contributed by atoms with E-state index in [4.69, 9.17) is 0 Å². The Hall–Kier alpha value is -3.34. The molecule has 1 amide bonds. The van der Waals surface area contributed by atoms with Gasteiger partial charge in [-0.1, -0.05) is 36.8 Å². The van der Waals surface area contributed by atoms with Gasteiger partial charge in [-0.3, -0.25) is 4.79 Å². The van der Waals surface area contributed by atoms with Crippen molar-refractivity contribution in [3.63, 3.8) is 0 Å². The molecular formula is C25H26N2O3. The van der Waals surface area contributed by atoms with Gasteiger partial charge in [0.15, 0.2) is 0 Å². The predicted molar refractivity (Wildman–Crippen MR) is 120 cm³/mol. The Bertz CT molecular complexity index is 1070. The van der Waals surface area contributed by atoms with E-state index in [-0.39, 0.29) is 11.5 Å². The molecule has 2 aromatic carbocycles. The Labute approximate surface area is 176 Å². The highest BCUT2D eigenvalue weighted by molar-refractivity contribution is 5.96. The number of hydrogen-bond donors (Lipinski definition) is 3. The lowest BCUT2D eigenvalue weighted by molar-refractivity contribution is -0.114. The number of amides is 1. The summed E-state index contributed by atoms with van der Waals surface area (Å²) in [6.07, 6.45) is 7.78. The molecule has 1 fully saturated rings. The minimum absolute atomic E-state index is 0.155. The molecule has 1 saturated carbocycles. The quantitative estimate of drug-likeness (QED) is 0.567. The Morgan fingerprint density at radius 3 is 2.43 bits per heavy atom. The van der Waals surface area contributed by atoms with Gasteiger partial charge < -0.3 is 15.7 Å². The summed E-state index contributed by atoms with van der Waals surface area (Å²) in [4.78, 5) is 23.1. The zero-order valence-electron chi connectivity index (χ0n) is 17.2. The van der Waals surface area contributed by atoms with Gasteiger partial charge in [-0.25, -0.2) is 4.79 Å². The largest absolute Gasteiger partial charge is 0.478 e. The molecule has 0 bridgehead atoms. The lowest BCUT2D eigenvalue weighted by atomic mass is 9.90. The minimum atomic E-state index is -0.982. The molecule has 2 aromatic rings. The summed E-state index contributed by atoms with van der Waals surface area (Å²) < 4.78 is 0. The monoisotopic (exact) mass is 402 g/mol. The number of anilines is 3. The topological polar surface area (TPSA) is 78.4 Å². The van der Waals surface area contributed by atoms with E-state index in [0.29, 0.717) is 17.1 Å². The molecule has 4 rings (SSSR count). The van der Waals surface area contributed by atoms with Crippen LogP contribution in [-0.2, 0) is 4.79 Å². The molecule has 30 heavy (non-hydrogen) atoms. The van der Waals surface area contributed by atoms with Crippen LogP contribution in [0.4, 0.5) is 17.1 Å². The first-order valence-electron chi connectivity index (χ1n) is 10.3. The van der Waals surface area contributed by atoms with Gasteiger partial charge in [0, 0.05) is 18.3 Å². The van der Waals surface area contributed by atoms with Crippen LogP contribution in [0.2, 0.25) is 0 Å². The van der Waals surface area contributed by atoms with Gasteiger partial charge in [-0.2, -0.15) is 0 Å². The van der Waals surface area contributed by atoms with E-state index in [9.17, 15) is 14.7 Å². The molecule has 154 valence electrons. The van der Waals surface area contributed by atoms with Crippen LogP contribution in [0.3, 0.4) is 0 Å². The predicted octanol–water partition coefficient (Wildman–Crippen LogP) is 5.85. The Morgan fingerprint density at radius 2 is 1.80 bits per heavy atom. The molecule has 0 aliphatic heterocycles. The Kier molecular flexibility index (Phi) is 5.44. The van der Waals surface area contributed by atoms with Crippen LogP contribution in [-0.4, -0.2) is 17.0 Å². The molecule has 0 aromatic heterocycles. The SMILES string of the molecule is CC(=O)Nc1cccc(Nc2cc(C3=CC=C(C4CC4C)CC3)ccc2C(=O)O)c1. The van der Waals surface area contributed by atoms with E-state index in [1.54, 1.807) is 23.8 Å². The van der Waals surface area contributed by atoms with E-state index >= 15 is 0 Å². The molecule has 2 aliphatic carbocycles. The van der Waals surface area contributed by atoms with Gasteiger partial charge >= 0.3 is 5.97 Å². The molecule has 0 heterocycles. The van der Waals surface area contributed by atoms with Crippen molar-refractivity contribution in [3.05, 3.63) is 71.3 Å². The third kappa shape index (κ3) is 4.46. The first-order chi connectivity index (χ1) is 14.4. The Morgan fingerprint density at radius 1 is 1.03 bits per heavy atom. The standard InChI is InChI=1S/C25H26N2O3/c1-15-12-23(15)18-8-6-17(7-9-18)19-10-11-22(25(29)30)24(13-19)27-21-5-3-4-20(14-21)26-16(2)28/h3-6,8,10-11,13-15,23,27H,7,9,12H2,1-2H3,(H,26,28)(H,29,30). The van der Waals surface area contributed by atoms with E-state index < -0.39 is 5.97 Å². The van der Waals surface area contributed by atoms with Gasteiger partial charge in [-0.05, 0) is 72.6 Å². The maximum Gasteiger partial charge on any atom is 0.337 e. The van der Waals surface area contributed by atoms with Gasteiger partial charge in [0.05, 0.1) is 11.3 Å². The molecule has 2 aliphatic rings. The molecule has 2 unspecified atom stereocenters. The molecule has 0 saturated heterocycles. The third-order valence-electron chi connectivity index (χ3n) is 5.85. The Balaban J connectivity index is 1.61. The number of benzene rings is 2. The molecule has 0 radical (unpaired) electrons. The van der Waals surface area contributed by atoms with Crippen molar-refractivity contribution in [1.82, 2.24) is 0 Å². The number of aromatic carboxylic acids is 1. The maximum atomic E-state index is 11.7. The lowest BCUT2D eigenvalue weighted by Crippen LogP contribution is -2.07. The van der Waals surface area contributed by atoms with Crippen LogP contribution < -0.4 is 10.6 Å². The second-order valence-corrected chi connectivity index (χ2v) is 8.21. The smallest absolute Gasteiger partial charge is 0.337 e. The molecule has 3 N–H and O–H groups in total. The van der Waals surface area contributed by atoms with Crippen LogP contribution in [0.5, 0.6) is 0 Å². The summed E-state index contributed by atoms with van der Waals surface area (Å²) in [6, 6.07) is 12.7. The van der Waals surface area contributed by atoms with E-state index in [1.807, 2.05) is 24.3 Å². The molecule has 0 spiro atoms. The highest BCUT2D eigenvalue weighted by Gasteiger charge is 2.35. The zero-order valence-corrected chi connectivity index (χ0v) is 17.2. The van der Waals surface area contributed by atoms with Crippen molar-refractivity contribution in [3.8, 4) is 0 Å². The second-order valence-electron chi connectivity index (χ2n) is 8.21. The number of carbonyl (C=O) groups excluding carboxylic acids is 1. The van der Waals surface area contributed by atoms with Crippen molar-refractivity contribution in [2.75, 3.05) is 10.6 Å². The number of carbonyl (C=O) groups is 2. The first kappa shape index (κ1) is 20.0. The summed E-state index contributed by atoms with van der Waals surface area (Å²) in [7, 11) is 0. The van der Waals surface area contributed by atoms with Crippen LogP contribution in [0, 0.1) is 11.8 Å². The number of rotatable bonds is 6. The first-order valence-corrected chi connectivity index (χ1v) is 10.3. The van der Waals surface area contributed by atoms with Crippen LogP contribution in [0.15, 0.2) is 60.2 Å². The number of allylic oxidation sites excluding steroid dienone is 4. The second kappa shape index (κ2) is 8.19. The van der Waals surface area contributed by atoms with E-state index in [0.717, 1.165) is 30.2 Å². The maximum absolute atomic E-state index is 11.7. The summed E-state index contributed by atoms with van der Waals surface area (Å²) >= 11 is 0. The zero-order chi connectivity index (χ0) is 21.3. The highest BCUT2D eigenvalue weighted by atomic mass is 16.4. The fraction of sp³-hybridized carbons (Fsp3) is 0.280. The fourth-order valence-corrected chi connectivity index (χ4v) is 4.11. The third-order valence-corrected chi connectivity index (χ3v) is 5.85. The van der Waals surface area contributed by atoms with Crippen molar-refractivity contribution in [2.45, 2.75) is 33.1 Å². The number of nitrogens with one attached hydrogen (secondary N) is 2. The summed E-state index contributed by atoms with van der Waals surface area (Å²) in [5.74, 6) is 0.428. The van der Waals surface area contributed by atoms with Gasteiger partial charge in [0.25, 0.3) is 0 Å². The average Bonchev–Trinajstić information content (AvgIpc) is 3.44. The average molecular weight is 402 g/mol. The number of hydrogen-bond acceptors (Lipinski definition) is 3. The van der Waals surface area contributed by atoms with Crippen molar-refractivity contribution in [2.24, 2.45) is 11.8 Å². The fourth-order valence-electron chi connectivity index (χ4n) is 4.11. The van der Waals surface area contributed by atoms with Crippen molar-refractivity contribution >= 4 is 34.5 Å².